The minimum atomic E-state index is 0.000694. The van der Waals surface area contributed by atoms with E-state index >= 15 is 0 Å². The molecule has 16 heavy (non-hydrogen) atoms. The van der Waals surface area contributed by atoms with E-state index in [-0.39, 0.29) is 5.78 Å². The molecule has 0 unspecified atom stereocenters. The molecule has 1 aromatic heterocycles. The summed E-state index contributed by atoms with van der Waals surface area (Å²) in [5.74, 6) is 0.000694. The highest BCUT2D eigenvalue weighted by molar-refractivity contribution is 6.08. The standard InChI is InChI=1S/C13H13NO2/c1-14-8-2-3-12(14)4-5-13(15)11-6-9-16-10-7-11/h2-9H,10H2,1H3/b5-4+. The first-order chi connectivity index (χ1) is 7.77. The van der Waals surface area contributed by atoms with Gasteiger partial charge in [-0.3, -0.25) is 4.79 Å². The smallest absolute Gasteiger partial charge is 0.185 e. The number of ketones is 1. The van der Waals surface area contributed by atoms with E-state index in [1.165, 1.54) is 0 Å². The number of nitrogens with zero attached hydrogens (tertiary/aromatic N) is 1. The molecule has 0 bridgehead atoms. The van der Waals surface area contributed by atoms with Crippen molar-refractivity contribution in [3.05, 3.63) is 54.1 Å². The van der Waals surface area contributed by atoms with Gasteiger partial charge >= 0.3 is 0 Å². The average molecular weight is 215 g/mol. The fourth-order valence-electron chi connectivity index (χ4n) is 1.47. The molecule has 2 heterocycles. The molecule has 82 valence electrons. The van der Waals surface area contributed by atoms with E-state index < -0.39 is 0 Å². The van der Waals surface area contributed by atoms with Gasteiger partial charge in [0.25, 0.3) is 0 Å². The van der Waals surface area contributed by atoms with Crippen molar-refractivity contribution in [1.29, 1.82) is 0 Å². The Bertz CT molecular complexity index is 478. The Balaban J connectivity index is 2.08. The fourth-order valence-corrected chi connectivity index (χ4v) is 1.47. The molecule has 0 spiro atoms. The van der Waals surface area contributed by atoms with E-state index in [4.69, 9.17) is 4.74 Å². The molecule has 0 radical (unpaired) electrons. The molecule has 0 N–H and O–H groups in total. The maximum absolute atomic E-state index is 11.7. The van der Waals surface area contributed by atoms with Crippen molar-refractivity contribution in [2.75, 3.05) is 6.61 Å². The number of rotatable bonds is 3. The van der Waals surface area contributed by atoms with Gasteiger partial charge < -0.3 is 9.30 Å². The van der Waals surface area contributed by atoms with Crippen LogP contribution in [0.25, 0.3) is 6.08 Å². The third-order valence-corrected chi connectivity index (χ3v) is 2.42. The molecule has 3 heteroatoms. The van der Waals surface area contributed by atoms with Crippen LogP contribution in [0.5, 0.6) is 0 Å². The van der Waals surface area contributed by atoms with Crippen LogP contribution in [0.15, 0.2) is 48.4 Å². The Morgan fingerprint density at radius 3 is 3.06 bits per heavy atom. The van der Waals surface area contributed by atoms with Crippen LogP contribution in [0.4, 0.5) is 0 Å². The van der Waals surface area contributed by atoms with Crippen LogP contribution in [0.1, 0.15) is 5.69 Å². The second-order valence-electron chi connectivity index (χ2n) is 3.54. The number of hydrogen-bond acceptors (Lipinski definition) is 2. The number of hydrogen-bond donors (Lipinski definition) is 0. The summed E-state index contributed by atoms with van der Waals surface area (Å²) in [6.07, 6.45) is 10.3. The third kappa shape index (κ3) is 2.31. The van der Waals surface area contributed by atoms with Gasteiger partial charge in [-0.15, -0.1) is 0 Å². The summed E-state index contributed by atoms with van der Waals surface area (Å²) in [5, 5.41) is 0. The van der Waals surface area contributed by atoms with E-state index in [0.717, 1.165) is 5.69 Å². The minimum absolute atomic E-state index is 0.000694. The molecule has 3 nitrogen and oxygen atoms in total. The van der Waals surface area contributed by atoms with E-state index in [1.54, 1.807) is 24.5 Å². The second kappa shape index (κ2) is 4.66. The van der Waals surface area contributed by atoms with Gasteiger partial charge in [0.1, 0.15) is 6.61 Å². The number of allylic oxidation sites excluding steroid dienone is 3. The summed E-state index contributed by atoms with van der Waals surface area (Å²) >= 11 is 0. The van der Waals surface area contributed by atoms with E-state index in [0.29, 0.717) is 12.2 Å². The summed E-state index contributed by atoms with van der Waals surface area (Å²) in [5.41, 5.74) is 1.68. The van der Waals surface area contributed by atoms with E-state index in [9.17, 15) is 4.79 Å². The first-order valence-corrected chi connectivity index (χ1v) is 5.09. The molecule has 0 aliphatic carbocycles. The Morgan fingerprint density at radius 2 is 2.44 bits per heavy atom. The van der Waals surface area contributed by atoms with Crippen LogP contribution in [-0.2, 0) is 16.6 Å². The lowest BCUT2D eigenvalue weighted by Gasteiger charge is -2.04. The fraction of sp³-hybridized carbons (Fsp3) is 0.154. The summed E-state index contributed by atoms with van der Waals surface area (Å²) in [6.45, 7) is 0.468. The lowest BCUT2D eigenvalue weighted by Crippen LogP contribution is -2.01. The lowest BCUT2D eigenvalue weighted by atomic mass is 10.1. The zero-order valence-corrected chi connectivity index (χ0v) is 9.09. The normalized spacial score (nSPS) is 14.9. The van der Waals surface area contributed by atoms with Crippen LogP contribution in [0.2, 0.25) is 0 Å². The van der Waals surface area contributed by atoms with Crippen LogP contribution in [0, 0.1) is 0 Å². The zero-order valence-electron chi connectivity index (χ0n) is 9.09. The van der Waals surface area contributed by atoms with Crippen molar-refractivity contribution in [2.24, 2.45) is 7.05 Å². The Labute approximate surface area is 94.3 Å². The minimum Gasteiger partial charge on any atom is -0.497 e. The first kappa shape index (κ1) is 10.5. The summed E-state index contributed by atoms with van der Waals surface area (Å²) in [7, 11) is 1.94. The maximum Gasteiger partial charge on any atom is 0.185 e. The van der Waals surface area contributed by atoms with Crippen molar-refractivity contribution in [2.45, 2.75) is 0 Å². The van der Waals surface area contributed by atoms with Gasteiger partial charge in [0.15, 0.2) is 5.78 Å². The van der Waals surface area contributed by atoms with Crippen LogP contribution < -0.4 is 0 Å². The highest BCUT2D eigenvalue weighted by Crippen LogP contribution is 2.08. The summed E-state index contributed by atoms with van der Waals surface area (Å²) < 4.78 is 6.94. The van der Waals surface area contributed by atoms with Gasteiger partial charge in [-0.05, 0) is 36.4 Å². The SMILES string of the molecule is Cn1cccc1/C=C/C(=O)C1=CCOC=C1. The molecule has 1 aliphatic rings. The molecule has 0 atom stereocenters. The number of aromatic nitrogens is 1. The molecule has 0 aromatic carbocycles. The Hall–Kier alpha value is -2.03. The lowest BCUT2D eigenvalue weighted by molar-refractivity contribution is -0.111. The monoisotopic (exact) mass is 215 g/mol. The molecule has 0 fully saturated rings. The predicted octanol–water partition coefficient (Wildman–Crippen LogP) is 2.08. The number of aryl methyl sites for hydroxylation is 1. The summed E-state index contributed by atoms with van der Waals surface area (Å²) in [6, 6.07) is 3.90. The molecule has 0 amide bonds. The molecule has 1 aliphatic heterocycles. The first-order valence-electron chi connectivity index (χ1n) is 5.09. The van der Waals surface area contributed by atoms with Crippen molar-refractivity contribution in [3.8, 4) is 0 Å². The Morgan fingerprint density at radius 1 is 1.56 bits per heavy atom. The van der Waals surface area contributed by atoms with Crippen molar-refractivity contribution >= 4 is 11.9 Å². The van der Waals surface area contributed by atoms with Gasteiger partial charge in [-0.1, -0.05) is 0 Å². The quantitative estimate of drug-likeness (QED) is 0.723. The predicted molar refractivity (Wildman–Crippen MR) is 62.6 cm³/mol. The van der Waals surface area contributed by atoms with Gasteiger partial charge in [-0.25, -0.2) is 0 Å². The highest BCUT2D eigenvalue weighted by Gasteiger charge is 2.05. The average Bonchev–Trinajstić information content (AvgIpc) is 2.73. The largest absolute Gasteiger partial charge is 0.497 e. The van der Waals surface area contributed by atoms with Crippen molar-refractivity contribution < 1.29 is 9.53 Å². The second-order valence-corrected chi connectivity index (χ2v) is 3.54. The van der Waals surface area contributed by atoms with E-state index in [1.807, 2.05) is 36.0 Å². The topological polar surface area (TPSA) is 31.2 Å². The molecule has 2 rings (SSSR count). The zero-order chi connectivity index (χ0) is 11.4. The summed E-state index contributed by atoms with van der Waals surface area (Å²) in [4.78, 5) is 11.7. The number of carbonyl (C=O) groups excluding carboxylic acids is 1. The van der Waals surface area contributed by atoms with Crippen LogP contribution in [0.3, 0.4) is 0 Å². The number of carbonyl (C=O) groups is 1. The maximum atomic E-state index is 11.7. The molecular formula is C13H13NO2. The van der Waals surface area contributed by atoms with Gasteiger partial charge in [0, 0.05) is 24.5 Å². The highest BCUT2D eigenvalue weighted by atomic mass is 16.5. The van der Waals surface area contributed by atoms with Crippen LogP contribution in [-0.4, -0.2) is 17.0 Å². The molecular weight excluding hydrogens is 202 g/mol. The molecule has 0 saturated heterocycles. The molecule has 1 aromatic rings. The third-order valence-electron chi connectivity index (χ3n) is 2.42. The van der Waals surface area contributed by atoms with Crippen molar-refractivity contribution in [3.63, 3.8) is 0 Å². The number of ether oxygens (including phenoxy) is 1. The Kier molecular flexibility index (Phi) is 3.05. The van der Waals surface area contributed by atoms with Crippen LogP contribution >= 0.6 is 0 Å². The van der Waals surface area contributed by atoms with E-state index in [2.05, 4.69) is 0 Å². The van der Waals surface area contributed by atoms with Gasteiger partial charge in [0.2, 0.25) is 0 Å². The van der Waals surface area contributed by atoms with Gasteiger partial charge in [-0.2, -0.15) is 0 Å². The molecule has 0 saturated carbocycles. The van der Waals surface area contributed by atoms with Crippen molar-refractivity contribution in [1.82, 2.24) is 4.57 Å². The van der Waals surface area contributed by atoms with Gasteiger partial charge in [0.05, 0.1) is 6.26 Å².